The van der Waals surface area contributed by atoms with Gasteiger partial charge in [-0.2, -0.15) is 8.42 Å². The molecule has 28 heavy (non-hydrogen) atoms. The van der Waals surface area contributed by atoms with E-state index in [1.807, 2.05) is 0 Å². The van der Waals surface area contributed by atoms with Crippen LogP contribution in [0.1, 0.15) is 5.56 Å². The van der Waals surface area contributed by atoms with Crippen molar-refractivity contribution in [2.75, 3.05) is 7.11 Å². The van der Waals surface area contributed by atoms with Crippen LogP contribution in [-0.2, 0) is 17.2 Å². The molecular weight excluding hydrogens is 390 g/mol. The number of aromatic nitrogens is 4. The van der Waals surface area contributed by atoms with Gasteiger partial charge in [-0.25, -0.2) is 0 Å². The van der Waals surface area contributed by atoms with Crippen molar-refractivity contribution in [2.45, 2.75) is 11.8 Å². The molecule has 146 valence electrons. The van der Waals surface area contributed by atoms with Crippen LogP contribution in [0.15, 0.2) is 41.3 Å². The summed E-state index contributed by atoms with van der Waals surface area (Å²) in [7, 11) is -1.30. The molecule has 0 radical (unpaired) electrons. The van der Waals surface area contributed by atoms with Crippen LogP contribution in [0, 0.1) is 17.0 Å². The van der Waals surface area contributed by atoms with E-state index in [0.717, 1.165) is 0 Å². The fraction of sp³-hybridized carbons (Fsp3) is 0.188. The smallest absolute Gasteiger partial charge is 0.339 e. The van der Waals surface area contributed by atoms with Crippen LogP contribution in [-0.4, -0.2) is 40.0 Å². The van der Waals surface area contributed by atoms with Gasteiger partial charge in [0.2, 0.25) is 0 Å². The van der Waals surface area contributed by atoms with E-state index in [-0.39, 0.29) is 16.3 Å². The third-order valence-electron chi connectivity index (χ3n) is 4.03. The molecule has 12 heteroatoms. The maximum atomic E-state index is 11.3. The standard InChI is InChI=1S/C16H15N5O6S/c1-10-8-12(28(24,25)26)5-6-13(10)16-17-19(2)20(18-16)14-7-4-11(21(22)23)9-15(14)27-3/h4-9H,1-3H3/p+1. The molecule has 1 heterocycles. The first-order chi connectivity index (χ1) is 13.1. The highest BCUT2D eigenvalue weighted by Gasteiger charge is 2.25. The second kappa shape index (κ2) is 6.98. The van der Waals surface area contributed by atoms with Gasteiger partial charge in [0.1, 0.15) is 7.05 Å². The number of non-ortho nitro benzene ring substituents is 1. The molecule has 0 saturated carbocycles. The summed E-state index contributed by atoms with van der Waals surface area (Å²) in [6.45, 7) is 1.66. The molecule has 0 aliphatic heterocycles. The Morgan fingerprint density at radius 1 is 1.25 bits per heavy atom. The number of ether oxygens (including phenoxy) is 1. The van der Waals surface area contributed by atoms with Crippen LogP contribution in [0.2, 0.25) is 0 Å². The van der Waals surface area contributed by atoms with Crippen molar-refractivity contribution in [3.8, 4) is 22.8 Å². The molecule has 1 aromatic heterocycles. The lowest BCUT2D eigenvalue weighted by Crippen LogP contribution is -2.41. The molecule has 2 aromatic carbocycles. The predicted molar refractivity (Wildman–Crippen MR) is 95.7 cm³/mol. The van der Waals surface area contributed by atoms with Crippen LogP contribution in [0.25, 0.3) is 17.1 Å². The highest BCUT2D eigenvalue weighted by molar-refractivity contribution is 7.85. The Bertz CT molecular complexity index is 1190. The third-order valence-corrected chi connectivity index (χ3v) is 4.88. The number of hydrogen-bond acceptors (Lipinski definition) is 7. The Morgan fingerprint density at radius 2 is 1.96 bits per heavy atom. The van der Waals surface area contributed by atoms with E-state index in [0.29, 0.717) is 22.6 Å². The molecule has 11 nitrogen and oxygen atoms in total. The lowest BCUT2D eigenvalue weighted by Gasteiger charge is -2.04. The molecule has 3 aromatic rings. The maximum absolute atomic E-state index is 11.3. The van der Waals surface area contributed by atoms with E-state index in [1.165, 1.54) is 53.1 Å². The van der Waals surface area contributed by atoms with Gasteiger partial charge in [-0.05, 0) is 41.9 Å². The second-order valence-corrected chi connectivity index (χ2v) is 7.29. The summed E-state index contributed by atoms with van der Waals surface area (Å²) in [5.74, 6) is 0.530. The lowest BCUT2D eigenvalue weighted by atomic mass is 10.1. The van der Waals surface area contributed by atoms with Gasteiger partial charge in [0.05, 0.1) is 33.7 Å². The molecule has 0 aliphatic rings. The Morgan fingerprint density at radius 3 is 2.54 bits per heavy atom. The van der Waals surface area contributed by atoms with Gasteiger partial charge in [0.15, 0.2) is 11.4 Å². The minimum atomic E-state index is -4.31. The van der Waals surface area contributed by atoms with Gasteiger partial charge in [-0.3, -0.25) is 14.7 Å². The molecule has 1 N–H and O–H groups in total. The molecule has 3 rings (SSSR count). The van der Waals surface area contributed by atoms with Gasteiger partial charge in [0, 0.05) is 10.9 Å². The maximum Gasteiger partial charge on any atom is 0.339 e. The van der Waals surface area contributed by atoms with Crippen LogP contribution >= 0.6 is 0 Å². The number of hydrogen-bond donors (Lipinski definition) is 1. The number of nitrogens with zero attached hydrogens (tertiary/aromatic N) is 5. The van der Waals surface area contributed by atoms with E-state index in [9.17, 15) is 18.5 Å². The van der Waals surface area contributed by atoms with Gasteiger partial charge in [0.25, 0.3) is 15.8 Å². The first-order valence-corrected chi connectivity index (χ1v) is 9.31. The van der Waals surface area contributed by atoms with Gasteiger partial charge in [-0.15, -0.1) is 0 Å². The van der Waals surface area contributed by atoms with E-state index in [4.69, 9.17) is 9.29 Å². The molecular formula is C16H16N5O6S+. The third kappa shape index (κ3) is 3.54. The summed E-state index contributed by atoms with van der Waals surface area (Å²) in [5.41, 5.74) is 1.41. The monoisotopic (exact) mass is 406 g/mol. The molecule has 0 unspecified atom stereocenters. The van der Waals surface area contributed by atoms with Crippen molar-refractivity contribution in [2.24, 2.45) is 7.05 Å². The van der Waals surface area contributed by atoms with Crippen LogP contribution in [0.3, 0.4) is 0 Å². The fourth-order valence-electron chi connectivity index (χ4n) is 2.66. The number of aryl methyl sites for hydroxylation is 2. The zero-order chi connectivity index (χ0) is 20.6. The quantitative estimate of drug-likeness (QED) is 0.289. The van der Waals surface area contributed by atoms with E-state index in [1.54, 1.807) is 14.0 Å². The van der Waals surface area contributed by atoms with Gasteiger partial charge >= 0.3 is 5.82 Å². The van der Waals surface area contributed by atoms with E-state index >= 15 is 0 Å². The number of rotatable bonds is 5. The van der Waals surface area contributed by atoms with Crippen molar-refractivity contribution in [3.63, 3.8) is 0 Å². The molecule has 0 atom stereocenters. The van der Waals surface area contributed by atoms with E-state index in [2.05, 4.69) is 10.2 Å². The first kappa shape index (κ1) is 19.4. The van der Waals surface area contributed by atoms with Gasteiger partial charge in [-0.1, -0.05) is 4.80 Å². The molecule has 0 fully saturated rings. The summed E-state index contributed by atoms with van der Waals surface area (Å²) in [6, 6.07) is 8.16. The SMILES string of the molecule is COc1cc([N+](=O)[O-])ccc1-n1nc(-c2ccc(S(=O)(=O)O)cc2C)n[n+]1C. The minimum Gasteiger partial charge on any atom is -0.494 e. The Balaban J connectivity index is 2.09. The normalized spacial score (nSPS) is 11.4. The zero-order valence-electron chi connectivity index (χ0n) is 15.1. The van der Waals surface area contributed by atoms with Crippen molar-refractivity contribution >= 4 is 15.8 Å². The Kier molecular flexibility index (Phi) is 4.83. The highest BCUT2D eigenvalue weighted by Crippen LogP contribution is 2.28. The summed E-state index contributed by atoms with van der Waals surface area (Å²) in [4.78, 5) is 13.0. The fourth-order valence-corrected chi connectivity index (χ4v) is 3.23. The summed E-state index contributed by atoms with van der Waals surface area (Å²) in [6.07, 6.45) is 0. The number of nitro benzene ring substituents is 1. The number of nitro groups is 1. The van der Waals surface area contributed by atoms with Crippen LogP contribution in [0.4, 0.5) is 5.69 Å². The molecule has 0 saturated heterocycles. The summed E-state index contributed by atoms with van der Waals surface area (Å²) in [5, 5.41) is 19.7. The average molecular weight is 406 g/mol. The van der Waals surface area contributed by atoms with Crippen molar-refractivity contribution < 1.29 is 27.4 Å². The lowest BCUT2D eigenvalue weighted by molar-refractivity contribution is -0.800. The van der Waals surface area contributed by atoms with Crippen molar-refractivity contribution in [3.05, 3.63) is 52.1 Å². The minimum absolute atomic E-state index is 0.125. The molecule has 0 aliphatic carbocycles. The number of tetrazole rings is 1. The molecule has 0 spiro atoms. The van der Waals surface area contributed by atoms with Gasteiger partial charge < -0.3 is 4.74 Å². The predicted octanol–water partition coefficient (Wildman–Crippen LogP) is 1.23. The molecule has 0 bridgehead atoms. The summed E-state index contributed by atoms with van der Waals surface area (Å²) >= 11 is 0. The largest absolute Gasteiger partial charge is 0.494 e. The van der Waals surface area contributed by atoms with Crippen LogP contribution in [0.5, 0.6) is 5.75 Å². The van der Waals surface area contributed by atoms with Crippen molar-refractivity contribution in [1.29, 1.82) is 0 Å². The summed E-state index contributed by atoms with van der Waals surface area (Å²) < 4.78 is 37.0. The Labute approximate surface area is 159 Å². The average Bonchev–Trinajstić information content (AvgIpc) is 3.01. The van der Waals surface area contributed by atoms with Crippen molar-refractivity contribution in [1.82, 2.24) is 15.0 Å². The zero-order valence-corrected chi connectivity index (χ0v) is 15.9. The number of methoxy groups -OCH3 is 1. The van der Waals surface area contributed by atoms with E-state index < -0.39 is 15.0 Å². The topological polar surface area (TPSA) is 141 Å². The first-order valence-electron chi connectivity index (χ1n) is 7.87. The highest BCUT2D eigenvalue weighted by atomic mass is 32.2. The second-order valence-electron chi connectivity index (χ2n) is 5.87. The Hall–Kier alpha value is -3.38. The van der Waals surface area contributed by atoms with Crippen LogP contribution < -0.4 is 9.53 Å². The number of benzene rings is 2. The molecule has 0 amide bonds.